The molecule has 1 atom stereocenters. The van der Waals surface area contributed by atoms with E-state index in [2.05, 4.69) is 23.2 Å². The molecule has 4 rings (SSSR count). The Morgan fingerprint density at radius 3 is 2.88 bits per heavy atom. The van der Waals surface area contributed by atoms with Crippen molar-refractivity contribution in [3.8, 4) is 23.4 Å². The number of aryl methyl sites for hydroxylation is 1. The molecule has 0 amide bonds. The first kappa shape index (κ1) is 15.7. The van der Waals surface area contributed by atoms with E-state index < -0.39 is 5.92 Å². The van der Waals surface area contributed by atoms with E-state index in [4.69, 9.17) is 31.5 Å². The highest BCUT2D eigenvalue weighted by atomic mass is 35.5. The number of nitrogens with zero attached hydrogens (tertiary/aromatic N) is 2. The summed E-state index contributed by atoms with van der Waals surface area (Å²) in [6, 6.07) is 5.64. The molecule has 0 saturated carbocycles. The van der Waals surface area contributed by atoms with Crippen LogP contribution in [0.5, 0.6) is 17.4 Å². The number of hydrogen-bond acceptors (Lipinski definition) is 6. The standard InChI is InChI=1S/C17H15ClN4O3/c1-2-3-11-15-14(9(6-19)16(20)25-17(15)22-21-11)8-4-12-13(5-10(8)18)24-7-23-12/h4-5,14H,2-3,7,20H2,1H3,(H,21,22)/t14-/m1/s1. The molecule has 7 nitrogen and oxygen atoms in total. The van der Waals surface area contributed by atoms with Crippen LogP contribution in [0.4, 0.5) is 0 Å². The molecule has 0 saturated heterocycles. The summed E-state index contributed by atoms with van der Waals surface area (Å²) in [6.07, 6.45) is 1.68. The highest BCUT2D eigenvalue weighted by Gasteiger charge is 2.37. The summed E-state index contributed by atoms with van der Waals surface area (Å²) in [5.74, 6) is 1.10. The van der Waals surface area contributed by atoms with Crippen molar-refractivity contribution < 1.29 is 14.2 Å². The van der Waals surface area contributed by atoms with E-state index in [0.717, 1.165) is 24.1 Å². The zero-order valence-electron chi connectivity index (χ0n) is 13.4. The predicted molar refractivity (Wildman–Crippen MR) is 89.5 cm³/mol. The van der Waals surface area contributed by atoms with Gasteiger partial charge >= 0.3 is 0 Å². The molecule has 1 aromatic heterocycles. The third-order valence-electron chi connectivity index (χ3n) is 4.32. The number of ether oxygens (including phenoxy) is 3. The minimum absolute atomic E-state index is 0.0308. The third-order valence-corrected chi connectivity index (χ3v) is 4.65. The largest absolute Gasteiger partial charge is 0.454 e. The van der Waals surface area contributed by atoms with E-state index in [1.165, 1.54) is 0 Å². The lowest BCUT2D eigenvalue weighted by Crippen LogP contribution is -2.21. The molecule has 128 valence electrons. The first-order valence-corrected chi connectivity index (χ1v) is 8.25. The lowest BCUT2D eigenvalue weighted by Gasteiger charge is -2.25. The van der Waals surface area contributed by atoms with Crippen molar-refractivity contribution in [3.63, 3.8) is 0 Å². The van der Waals surface area contributed by atoms with E-state index in [0.29, 0.717) is 33.5 Å². The monoisotopic (exact) mass is 358 g/mol. The SMILES string of the molecule is CCCc1[nH]nc2c1[C@H](c1cc3c(cc1Cl)OCO3)C(C#N)=C(N)O2. The number of allylic oxidation sites excluding steroid dienone is 1. The van der Waals surface area contributed by atoms with Crippen molar-refractivity contribution in [1.29, 1.82) is 5.26 Å². The molecular weight excluding hydrogens is 344 g/mol. The number of nitriles is 1. The van der Waals surface area contributed by atoms with Crippen molar-refractivity contribution in [3.05, 3.63) is 45.4 Å². The van der Waals surface area contributed by atoms with Crippen LogP contribution in [-0.4, -0.2) is 17.0 Å². The molecule has 0 spiro atoms. The Hall–Kier alpha value is -2.85. The highest BCUT2D eigenvalue weighted by molar-refractivity contribution is 6.31. The summed E-state index contributed by atoms with van der Waals surface area (Å²) in [5, 5.41) is 17.3. The van der Waals surface area contributed by atoms with Gasteiger partial charge in [-0.05, 0) is 18.1 Å². The average molecular weight is 359 g/mol. The number of nitrogens with one attached hydrogen (secondary N) is 1. The van der Waals surface area contributed by atoms with Gasteiger partial charge in [-0.1, -0.05) is 24.9 Å². The van der Waals surface area contributed by atoms with Gasteiger partial charge in [-0.3, -0.25) is 5.10 Å². The van der Waals surface area contributed by atoms with Gasteiger partial charge in [0.25, 0.3) is 0 Å². The van der Waals surface area contributed by atoms with Gasteiger partial charge in [-0.15, -0.1) is 5.10 Å². The molecule has 25 heavy (non-hydrogen) atoms. The number of aromatic amines is 1. The molecule has 2 aromatic rings. The lowest BCUT2D eigenvalue weighted by atomic mass is 9.83. The molecule has 3 heterocycles. The Kier molecular flexibility index (Phi) is 3.70. The molecule has 3 N–H and O–H groups in total. The number of aromatic nitrogens is 2. The molecule has 0 fully saturated rings. The molecule has 2 aliphatic heterocycles. The average Bonchev–Trinajstić information content (AvgIpc) is 3.20. The van der Waals surface area contributed by atoms with Gasteiger partial charge in [0.1, 0.15) is 11.6 Å². The van der Waals surface area contributed by atoms with Gasteiger partial charge in [-0.2, -0.15) is 5.26 Å². The van der Waals surface area contributed by atoms with Gasteiger partial charge in [0.2, 0.25) is 18.6 Å². The van der Waals surface area contributed by atoms with E-state index in [-0.39, 0.29) is 12.7 Å². The van der Waals surface area contributed by atoms with Gasteiger partial charge in [0.05, 0.1) is 11.5 Å². The maximum atomic E-state index is 9.66. The Bertz CT molecular complexity index is 929. The summed E-state index contributed by atoms with van der Waals surface area (Å²) < 4.78 is 16.4. The quantitative estimate of drug-likeness (QED) is 0.873. The Labute approximate surface area is 148 Å². The molecular formula is C17H15ClN4O3. The molecule has 0 bridgehead atoms. The number of H-pyrrole nitrogens is 1. The number of fused-ring (bicyclic) bond motifs is 2. The normalized spacial score (nSPS) is 17.9. The minimum Gasteiger partial charge on any atom is -0.454 e. The maximum absolute atomic E-state index is 9.66. The van der Waals surface area contributed by atoms with Crippen LogP contribution in [0.2, 0.25) is 5.02 Å². The molecule has 1 aromatic carbocycles. The van der Waals surface area contributed by atoms with Crippen LogP contribution in [-0.2, 0) is 6.42 Å². The Morgan fingerprint density at radius 2 is 2.16 bits per heavy atom. The van der Waals surface area contributed by atoms with E-state index >= 15 is 0 Å². The second-order valence-electron chi connectivity index (χ2n) is 5.82. The molecule has 0 aliphatic carbocycles. The maximum Gasteiger partial charge on any atom is 0.244 e. The zero-order chi connectivity index (χ0) is 17.6. The van der Waals surface area contributed by atoms with Crippen molar-refractivity contribution in [2.45, 2.75) is 25.7 Å². The Balaban J connectivity index is 1.94. The lowest BCUT2D eigenvalue weighted by molar-refractivity contribution is 0.174. The predicted octanol–water partition coefficient (Wildman–Crippen LogP) is 2.96. The summed E-state index contributed by atoms with van der Waals surface area (Å²) in [6.45, 7) is 2.21. The van der Waals surface area contributed by atoms with Crippen LogP contribution in [0.25, 0.3) is 0 Å². The van der Waals surface area contributed by atoms with Crippen LogP contribution < -0.4 is 19.9 Å². The van der Waals surface area contributed by atoms with Crippen LogP contribution in [0, 0.1) is 11.3 Å². The van der Waals surface area contributed by atoms with E-state index in [1.807, 2.05) is 0 Å². The fraction of sp³-hybridized carbons (Fsp3) is 0.294. The summed E-state index contributed by atoms with van der Waals surface area (Å²) >= 11 is 6.49. The van der Waals surface area contributed by atoms with E-state index in [1.54, 1.807) is 12.1 Å². The smallest absolute Gasteiger partial charge is 0.244 e. The van der Waals surface area contributed by atoms with Gasteiger partial charge in [-0.25, -0.2) is 0 Å². The molecule has 0 unspecified atom stereocenters. The molecule has 8 heteroatoms. The Morgan fingerprint density at radius 1 is 1.40 bits per heavy atom. The number of hydrogen-bond donors (Lipinski definition) is 2. The second-order valence-corrected chi connectivity index (χ2v) is 6.23. The number of rotatable bonds is 3. The van der Waals surface area contributed by atoms with Gasteiger partial charge < -0.3 is 19.9 Å². The fourth-order valence-electron chi connectivity index (χ4n) is 3.21. The summed E-state index contributed by atoms with van der Waals surface area (Å²) in [7, 11) is 0. The van der Waals surface area contributed by atoms with Crippen LogP contribution in [0.15, 0.2) is 23.6 Å². The van der Waals surface area contributed by atoms with Crippen molar-refractivity contribution in [2.75, 3.05) is 6.79 Å². The fourth-order valence-corrected chi connectivity index (χ4v) is 3.48. The zero-order valence-corrected chi connectivity index (χ0v) is 14.2. The van der Waals surface area contributed by atoms with Gasteiger partial charge in [0.15, 0.2) is 11.5 Å². The first-order valence-electron chi connectivity index (χ1n) is 7.87. The third kappa shape index (κ3) is 2.37. The number of nitrogens with two attached hydrogens (primary N) is 1. The highest BCUT2D eigenvalue weighted by Crippen LogP contribution is 2.48. The molecule has 2 aliphatic rings. The summed E-state index contributed by atoms with van der Waals surface area (Å²) in [4.78, 5) is 0. The van der Waals surface area contributed by atoms with Crippen LogP contribution >= 0.6 is 11.6 Å². The van der Waals surface area contributed by atoms with Crippen LogP contribution in [0.3, 0.4) is 0 Å². The number of benzene rings is 1. The van der Waals surface area contributed by atoms with Crippen molar-refractivity contribution in [1.82, 2.24) is 10.2 Å². The van der Waals surface area contributed by atoms with Gasteiger partial charge in [0, 0.05) is 16.8 Å². The molecule has 0 radical (unpaired) electrons. The van der Waals surface area contributed by atoms with Crippen molar-refractivity contribution >= 4 is 11.6 Å². The topological polar surface area (TPSA) is 106 Å². The second kappa shape index (κ2) is 5.90. The van der Waals surface area contributed by atoms with Crippen LogP contribution in [0.1, 0.15) is 36.1 Å². The van der Waals surface area contributed by atoms with E-state index in [9.17, 15) is 5.26 Å². The number of halogens is 1. The first-order chi connectivity index (χ1) is 12.1. The van der Waals surface area contributed by atoms with Crippen molar-refractivity contribution in [2.24, 2.45) is 5.73 Å². The minimum atomic E-state index is -0.476. The summed E-state index contributed by atoms with van der Waals surface area (Å²) in [5.41, 5.74) is 8.65.